The fraction of sp³-hybridized carbons (Fsp3) is 0.667. The van der Waals surface area contributed by atoms with Crippen molar-refractivity contribution in [3.8, 4) is 0 Å². The molecular formula is C15H23N. The summed E-state index contributed by atoms with van der Waals surface area (Å²) in [6.45, 7) is 4.62. The third-order valence-corrected chi connectivity index (χ3v) is 3.51. The quantitative estimate of drug-likeness (QED) is 0.688. The van der Waals surface area contributed by atoms with Crippen LogP contribution in [-0.4, -0.2) is 4.98 Å². The number of hydrogen-bond acceptors (Lipinski definition) is 1. The van der Waals surface area contributed by atoms with E-state index in [1.807, 2.05) is 12.3 Å². The first kappa shape index (κ1) is 11.6. The standard InChI is InChI=1S/C15H23N/c1-12(2)6-9-14(11-13-7-8-13)15-5-3-4-10-16-15/h3-5,10,12-14H,6-9,11H2,1-2H3. The molecule has 0 amide bonds. The van der Waals surface area contributed by atoms with Gasteiger partial charge < -0.3 is 0 Å². The first-order valence-corrected chi connectivity index (χ1v) is 6.66. The molecule has 1 aromatic rings. The van der Waals surface area contributed by atoms with E-state index in [9.17, 15) is 0 Å². The maximum Gasteiger partial charge on any atom is 0.0434 e. The lowest BCUT2D eigenvalue weighted by Crippen LogP contribution is -2.04. The van der Waals surface area contributed by atoms with E-state index in [1.165, 1.54) is 37.8 Å². The predicted molar refractivity (Wildman–Crippen MR) is 68.4 cm³/mol. The second kappa shape index (κ2) is 5.47. The molecule has 1 unspecified atom stereocenters. The smallest absolute Gasteiger partial charge is 0.0434 e. The summed E-state index contributed by atoms with van der Waals surface area (Å²) in [7, 11) is 0. The summed E-state index contributed by atoms with van der Waals surface area (Å²) in [5.74, 6) is 2.51. The average molecular weight is 217 g/mol. The van der Waals surface area contributed by atoms with Crippen LogP contribution >= 0.6 is 0 Å². The van der Waals surface area contributed by atoms with Gasteiger partial charge in [-0.1, -0.05) is 39.2 Å². The highest BCUT2D eigenvalue weighted by Gasteiger charge is 2.26. The van der Waals surface area contributed by atoms with Crippen LogP contribution in [0.2, 0.25) is 0 Å². The number of rotatable bonds is 6. The van der Waals surface area contributed by atoms with Crippen LogP contribution in [0.3, 0.4) is 0 Å². The molecule has 0 N–H and O–H groups in total. The molecule has 16 heavy (non-hydrogen) atoms. The lowest BCUT2D eigenvalue weighted by Gasteiger charge is -2.17. The van der Waals surface area contributed by atoms with Crippen molar-refractivity contribution in [2.24, 2.45) is 11.8 Å². The van der Waals surface area contributed by atoms with E-state index < -0.39 is 0 Å². The minimum Gasteiger partial charge on any atom is -0.261 e. The molecule has 1 nitrogen and oxygen atoms in total. The van der Waals surface area contributed by atoms with E-state index in [1.54, 1.807) is 0 Å². The molecule has 1 heterocycles. The zero-order valence-electron chi connectivity index (χ0n) is 10.5. The Kier molecular flexibility index (Phi) is 3.98. The largest absolute Gasteiger partial charge is 0.261 e. The molecule has 0 saturated heterocycles. The molecule has 1 aliphatic carbocycles. The van der Waals surface area contributed by atoms with Crippen LogP contribution in [0.5, 0.6) is 0 Å². The Labute approximate surface area is 99.3 Å². The maximum absolute atomic E-state index is 4.54. The molecule has 0 aliphatic heterocycles. The van der Waals surface area contributed by atoms with Gasteiger partial charge in [-0.15, -0.1) is 0 Å². The van der Waals surface area contributed by atoms with E-state index in [4.69, 9.17) is 0 Å². The summed E-state index contributed by atoms with van der Waals surface area (Å²) in [4.78, 5) is 4.54. The highest BCUT2D eigenvalue weighted by molar-refractivity contribution is 5.10. The lowest BCUT2D eigenvalue weighted by molar-refractivity contribution is 0.459. The first-order valence-electron chi connectivity index (χ1n) is 6.66. The van der Waals surface area contributed by atoms with Gasteiger partial charge in [-0.3, -0.25) is 4.98 Å². The fourth-order valence-corrected chi connectivity index (χ4v) is 2.29. The Hall–Kier alpha value is -0.850. The predicted octanol–water partition coefficient (Wildman–Crippen LogP) is 4.40. The summed E-state index contributed by atoms with van der Waals surface area (Å²) in [5.41, 5.74) is 1.31. The minimum atomic E-state index is 0.705. The highest BCUT2D eigenvalue weighted by atomic mass is 14.7. The summed E-state index contributed by atoms with van der Waals surface area (Å²) in [6.07, 6.45) is 8.84. The van der Waals surface area contributed by atoms with Gasteiger partial charge in [0.15, 0.2) is 0 Å². The Morgan fingerprint density at radius 1 is 1.25 bits per heavy atom. The van der Waals surface area contributed by atoms with Crippen molar-refractivity contribution in [1.82, 2.24) is 4.98 Å². The maximum atomic E-state index is 4.54. The third kappa shape index (κ3) is 3.62. The van der Waals surface area contributed by atoms with Crippen molar-refractivity contribution >= 4 is 0 Å². The monoisotopic (exact) mass is 217 g/mol. The molecule has 1 saturated carbocycles. The Morgan fingerprint density at radius 2 is 2.06 bits per heavy atom. The van der Waals surface area contributed by atoms with Gasteiger partial charge in [-0.2, -0.15) is 0 Å². The van der Waals surface area contributed by atoms with Crippen molar-refractivity contribution in [2.75, 3.05) is 0 Å². The second-order valence-corrected chi connectivity index (χ2v) is 5.60. The number of pyridine rings is 1. The van der Waals surface area contributed by atoms with Gasteiger partial charge in [0.25, 0.3) is 0 Å². The summed E-state index contributed by atoms with van der Waals surface area (Å²) in [6, 6.07) is 6.34. The average Bonchev–Trinajstić information content (AvgIpc) is 3.09. The normalized spacial score (nSPS) is 17.7. The molecule has 1 heteroatoms. The van der Waals surface area contributed by atoms with Crippen molar-refractivity contribution in [2.45, 2.75) is 51.9 Å². The second-order valence-electron chi connectivity index (χ2n) is 5.60. The van der Waals surface area contributed by atoms with Gasteiger partial charge in [-0.25, -0.2) is 0 Å². The van der Waals surface area contributed by atoms with Gasteiger partial charge in [0.2, 0.25) is 0 Å². The van der Waals surface area contributed by atoms with Gasteiger partial charge in [0.1, 0.15) is 0 Å². The van der Waals surface area contributed by atoms with E-state index in [-0.39, 0.29) is 0 Å². The molecule has 1 atom stereocenters. The molecule has 88 valence electrons. The van der Waals surface area contributed by atoms with Crippen LogP contribution in [0.4, 0.5) is 0 Å². The van der Waals surface area contributed by atoms with Crippen molar-refractivity contribution in [3.05, 3.63) is 30.1 Å². The van der Waals surface area contributed by atoms with E-state index in [2.05, 4.69) is 31.0 Å². The summed E-state index contributed by atoms with van der Waals surface area (Å²) in [5, 5.41) is 0. The molecule has 2 rings (SSSR count). The van der Waals surface area contributed by atoms with Crippen LogP contribution in [0.1, 0.15) is 57.6 Å². The molecule has 0 radical (unpaired) electrons. The van der Waals surface area contributed by atoms with Crippen LogP contribution in [-0.2, 0) is 0 Å². The SMILES string of the molecule is CC(C)CCC(CC1CC1)c1ccccn1. The minimum absolute atomic E-state index is 0.705. The highest BCUT2D eigenvalue weighted by Crippen LogP contribution is 2.40. The molecule has 0 bridgehead atoms. The third-order valence-electron chi connectivity index (χ3n) is 3.51. The van der Waals surface area contributed by atoms with E-state index >= 15 is 0 Å². The van der Waals surface area contributed by atoms with Gasteiger partial charge in [0.05, 0.1) is 0 Å². The molecule has 1 fully saturated rings. The van der Waals surface area contributed by atoms with Gasteiger partial charge in [-0.05, 0) is 36.8 Å². The number of aromatic nitrogens is 1. The van der Waals surface area contributed by atoms with E-state index in [0.717, 1.165) is 11.8 Å². The zero-order chi connectivity index (χ0) is 11.4. The molecular weight excluding hydrogens is 194 g/mol. The molecule has 0 spiro atoms. The molecule has 1 aromatic heterocycles. The van der Waals surface area contributed by atoms with Gasteiger partial charge >= 0.3 is 0 Å². The first-order chi connectivity index (χ1) is 7.75. The Bertz CT molecular complexity index is 300. The van der Waals surface area contributed by atoms with Crippen molar-refractivity contribution in [3.63, 3.8) is 0 Å². The summed E-state index contributed by atoms with van der Waals surface area (Å²) < 4.78 is 0. The zero-order valence-corrected chi connectivity index (χ0v) is 10.5. The Morgan fingerprint density at radius 3 is 2.62 bits per heavy atom. The van der Waals surface area contributed by atoms with E-state index in [0.29, 0.717) is 5.92 Å². The summed E-state index contributed by atoms with van der Waals surface area (Å²) >= 11 is 0. The number of nitrogens with zero attached hydrogens (tertiary/aromatic N) is 1. The van der Waals surface area contributed by atoms with Crippen molar-refractivity contribution in [1.29, 1.82) is 0 Å². The Balaban J connectivity index is 1.95. The van der Waals surface area contributed by atoms with Crippen LogP contribution in [0.25, 0.3) is 0 Å². The number of hydrogen-bond donors (Lipinski definition) is 0. The molecule has 0 aromatic carbocycles. The lowest BCUT2D eigenvalue weighted by atomic mass is 9.90. The van der Waals surface area contributed by atoms with Crippen LogP contribution in [0, 0.1) is 11.8 Å². The van der Waals surface area contributed by atoms with Crippen molar-refractivity contribution < 1.29 is 0 Å². The van der Waals surface area contributed by atoms with Crippen LogP contribution < -0.4 is 0 Å². The molecule has 1 aliphatic rings. The fourth-order valence-electron chi connectivity index (χ4n) is 2.29. The topological polar surface area (TPSA) is 12.9 Å². The van der Waals surface area contributed by atoms with Crippen LogP contribution in [0.15, 0.2) is 24.4 Å². The van der Waals surface area contributed by atoms with Gasteiger partial charge in [0, 0.05) is 17.8 Å².